The molecule has 2 aromatic rings. The first-order valence-electron chi connectivity index (χ1n) is 16.4. The molecule has 5 aliphatic rings. The molecule has 1 fully saturated rings. The van der Waals surface area contributed by atoms with Gasteiger partial charge >= 0.3 is 0 Å². The molecule has 2 aromatic carbocycles. The summed E-state index contributed by atoms with van der Waals surface area (Å²) in [6, 6.07) is 8.92. The van der Waals surface area contributed by atoms with Crippen LogP contribution in [0.5, 0.6) is 0 Å². The van der Waals surface area contributed by atoms with Crippen LogP contribution in [0.25, 0.3) is 11.1 Å². The molecule has 2 N–H and O–H groups in total. The quantitative estimate of drug-likeness (QED) is 0.329. The van der Waals surface area contributed by atoms with Crippen molar-refractivity contribution in [1.29, 1.82) is 0 Å². The Kier molecular flexibility index (Phi) is 7.20. The van der Waals surface area contributed by atoms with Gasteiger partial charge in [-0.1, -0.05) is 49.2 Å². The first kappa shape index (κ1) is 30.6. The molecule has 5 aliphatic heterocycles. The van der Waals surface area contributed by atoms with E-state index in [9.17, 15) is 5.11 Å². The number of hydrogen-bond donors (Lipinski definition) is 2. The SMILES string of the molecule is C/C(O)=C1/C=C2N=C1C=C1CC(C)(C)C(=CC3=NC(=C(c4c(C)cc(C)cc4C)C4=NC(=C2c2c(C)cc(C)cc2C)C=C4)C=C3)N1. The Morgan fingerprint density at radius 2 is 1.26 bits per heavy atom. The van der Waals surface area contributed by atoms with Gasteiger partial charge in [0.15, 0.2) is 0 Å². The van der Waals surface area contributed by atoms with E-state index in [1.54, 1.807) is 6.92 Å². The molecule has 8 bridgehead atoms. The van der Waals surface area contributed by atoms with Gasteiger partial charge in [0.1, 0.15) is 0 Å². The number of aryl methyl sites for hydroxylation is 6. The average molecular weight is 619 g/mol. The van der Waals surface area contributed by atoms with E-state index in [2.05, 4.69) is 121 Å². The summed E-state index contributed by atoms with van der Waals surface area (Å²) in [4.78, 5) is 15.9. The fraction of sp³-hybridized carbons (Fsp3) is 0.262. The maximum Gasteiger partial charge on any atom is 0.0986 e. The minimum absolute atomic E-state index is 0.127. The van der Waals surface area contributed by atoms with Crippen molar-refractivity contribution < 1.29 is 5.11 Å². The van der Waals surface area contributed by atoms with Crippen molar-refractivity contribution >= 4 is 28.3 Å². The van der Waals surface area contributed by atoms with Crippen LogP contribution in [0.2, 0.25) is 0 Å². The molecule has 0 aliphatic carbocycles. The van der Waals surface area contributed by atoms with Gasteiger partial charge in [0.05, 0.1) is 40.0 Å². The van der Waals surface area contributed by atoms with E-state index in [1.165, 1.54) is 22.3 Å². The zero-order valence-electron chi connectivity index (χ0n) is 28.8. The lowest BCUT2D eigenvalue weighted by Crippen LogP contribution is -2.14. The monoisotopic (exact) mass is 618 g/mol. The van der Waals surface area contributed by atoms with Gasteiger partial charge in [0, 0.05) is 33.5 Å². The Morgan fingerprint density at radius 3 is 1.87 bits per heavy atom. The molecule has 0 saturated carbocycles. The van der Waals surface area contributed by atoms with Crippen molar-refractivity contribution in [3.05, 3.63) is 151 Å². The number of benzene rings is 2. The van der Waals surface area contributed by atoms with Crippen LogP contribution in [0.15, 0.2) is 122 Å². The fourth-order valence-corrected chi connectivity index (χ4v) is 7.71. The van der Waals surface area contributed by atoms with Crippen molar-refractivity contribution in [2.24, 2.45) is 20.4 Å². The molecule has 7 rings (SSSR count). The second-order valence-electron chi connectivity index (χ2n) is 14.2. The Balaban J connectivity index is 1.59. The Bertz CT molecular complexity index is 2110. The highest BCUT2D eigenvalue weighted by Crippen LogP contribution is 2.43. The third-order valence-electron chi connectivity index (χ3n) is 9.63. The standard InChI is InChI=1S/C42H42N4O/c1-22-14-24(3)38(25(4)15-22)40-32-11-10-29(43-32)19-37-42(8,9)21-30(44-37)18-35-31(28(7)47)20-36(46-35)41(34-13-12-33(40)45-34)39-26(5)16-23(2)17-27(39)6/h10-20,44,47H,21H2,1-9H3/b30-18?,31-28+,37-19?,40-32?,41-34?. The molecule has 0 atom stereocenters. The van der Waals surface area contributed by atoms with E-state index in [0.29, 0.717) is 0 Å². The van der Waals surface area contributed by atoms with Gasteiger partial charge in [-0.2, -0.15) is 0 Å². The number of aliphatic hydroxyl groups excluding tert-OH is 1. The maximum absolute atomic E-state index is 10.9. The molecule has 0 radical (unpaired) electrons. The van der Waals surface area contributed by atoms with Crippen molar-refractivity contribution in [3.8, 4) is 0 Å². The number of rotatable bonds is 2. The molecule has 5 nitrogen and oxygen atoms in total. The molecular formula is C42H42N4O. The van der Waals surface area contributed by atoms with Gasteiger partial charge < -0.3 is 10.4 Å². The van der Waals surface area contributed by atoms with E-state index in [4.69, 9.17) is 15.0 Å². The summed E-state index contributed by atoms with van der Waals surface area (Å²) in [6.45, 7) is 19.2. The van der Waals surface area contributed by atoms with Crippen LogP contribution in [0, 0.1) is 47.0 Å². The summed E-state index contributed by atoms with van der Waals surface area (Å²) < 4.78 is 0. The molecule has 0 amide bonds. The number of hydrogen-bond acceptors (Lipinski definition) is 5. The van der Waals surface area contributed by atoms with Gasteiger partial charge in [-0.25, -0.2) is 15.0 Å². The van der Waals surface area contributed by atoms with E-state index < -0.39 is 0 Å². The lowest BCUT2D eigenvalue weighted by atomic mass is 9.87. The van der Waals surface area contributed by atoms with Crippen LogP contribution in [-0.2, 0) is 0 Å². The lowest BCUT2D eigenvalue weighted by Gasteiger charge is -2.18. The fourth-order valence-electron chi connectivity index (χ4n) is 7.71. The third-order valence-corrected chi connectivity index (χ3v) is 9.63. The average Bonchev–Trinajstić information content (AvgIpc) is 3.75. The van der Waals surface area contributed by atoms with E-state index in [0.717, 1.165) is 91.0 Å². The first-order valence-corrected chi connectivity index (χ1v) is 16.4. The van der Waals surface area contributed by atoms with Crippen LogP contribution in [0.1, 0.15) is 71.7 Å². The second kappa shape index (κ2) is 11.0. The lowest BCUT2D eigenvalue weighted by molar-refractivity contribution is 0.412. The van der Waals surface area contributed by atoms with Crippen LogP contribution >= 0.6 is 0 Å². The summed E-state index contributed by atoms with van der Waals surface area (Å²) in [7, 11) is 0. The number of fused-ring (bicyclic) bond motifs is 5. The van der Waals surface area contributed by atoms with Crippen LogP contribution in [-0.4, -0.2) is 22.2 Å². The third kappa shape index (κ3) is 5.34. The molecule has 0 unspecified atom stereocenters. The largest absolute Gasteiger partial charge is 0.512 e. The predicted molar refractivity (Wildman–Crippen MR) is 197 cm³/mol. The minimum atomic E-state index is -0.127. The highest BCUT2D eigenvalue weighted by molar-refractivity contribution is 6.33. The molecule has 236 valence electrons. The van der Waals surface area contributed by atoms with Gasteiger partial charge in [-0.15, -0.1) is 0 Å². The molecule has 47 heavy (non-hydrogen) atoms. The molecule has 5 heterocycles. The van der Waals surface area contributed by atoms with E-state index >= 15 is 0 Å². The zero-order valence-corrected chi connectivity index (χ0v) is 28.8. The van der Waals surface area contributed by atoms with Crippen LogP contribution in [0.3, 0.4) is 0 Å². The molecule has 0 spiro atoms. The zero-order chi connectivity index (χ0) is 33.4. The summed E-state index contributed by atoms with van der Waals surface area (Å²) in [6.07, 6.45) is 15.5. The van der Waals surface area contributed by atoms with Crippen LogP contribution < -0.4 is 5.32 Å². The number of aliphatic hydroxyl groups is 1. The number of nitrogens with one attached hydrogen (secondary N) is 1. The number of aliphatic imine (C=N–C) groups is 3. The molecule has 1 saturated heterocycles. The maximum atomic E-state index is 10.9. The van der Waals surface area contributed by atoms with Crippen molar-refractivity contribution in [1.82, 2.24) is 5.32 Å². The first-order chi connectivity index (χ1) is 22.3. The van der Waals surface area contributed by atoms with Crippen molar-refractivity contribution in [2.75, 3.05) is 0 Å². The highest BCUT2D eigenvalue weighted by Gasteiger charge is 2.34. The van der Waals surface area contributed by atoms with E-state index in [1.807, 2.05) is 6.08 Å². The Labute approximate surface area is 278 Å². The number of nitrogens with zero attached hydrogens (tertiary/aromatic N) is 3. The molecule has 5 heteroatoms. The smallest absolute Gasteiger partial charge is 0.0986 e. The van der Waals surface area contributed by atoms with Crippen molar-refractivity contribution in [3.63, 3.8) is 0 Å². The Hall–Kier alpha value is -5.03. The topological polar surface area (TPSA) is 69.3 Å². The summed E-state index contributed by atoms with van der Waals surface area (Å²) in [5, 5.41) is 14.6. The summed E-state index contributed by atoms with van der Waals surface area (Å²) >= 11 is 0. The van der Waals surface area contributed by atoms with Gasteiger partial charge in [-0.05, 0) is 131 Å². The van der Waals surface area contributed by atoms with Gasteiger partial charge in [-0.3, -0.25) is 0 Å². The second-order valence-corrected chi connectivity index (χ2v) is 14.2. The van der Waals surface area contributed by atoms with Crippen LogP contribution in [0.4, 0.5) is 0 Å². The normalized spacial score (nSPS) is 20.6. The van der Waals surface area contributed by atoms with Gasteiger partial charge in [0.25, 0.3) is 0 Å². The van der Waals surface area contributed by atoms with Crippen molar-refractivity contribution in [2.45, 2.75) is 68.7 Å². The molecular weight excluding hydrogens is 576 g/mol. The Morgan fingerprint density at radius 1 is 0.681 bits per heavy atom. The predicted octanol–water partition coefficient (Wildman–Crippen LogP) is 9.65. The summed E-state index contributed by atoms with van der Waals surface area (Å²) in [5.41, 5.74) is 19.2. The highest BCUT2D eigenvalue weighted by atomic mass is 16.3. The minimum Gasteiger partial charge on any atom is -0.512 e. The molecule has 0 aromatic heterocycles. The summed E-state index contributed by atoms with van der Waals surface area (Å²) in [5.74, 6) is 0.239. The van der Waals surface area contributed by atoms with E-state index in [-0.39, 0.29) is 11.2 Å². The van der Waals surface area contributed by atoms with Gasteiger partial charge in [0.2, 0.25) is 0 Å². The number of allylic oxidation sites excluding steroid dienone is 13.